The third kappa shape index (κ3) is 4.28. The van der Waals surface area contributed by atoms with Gasteiger partial charge in [0.1, 0.15) is 36.2 Å². The molecule has 1 aliphatic heterocycles. The van der Waals surface area contributed by atoms with Crippen LogP contribution in [0.1, 0.15) is 11.6 Å². The van der Waals surface area contributed by atoms with E-state index in [4.69, 9.17) is 9.47 Å². The molecule has 0 spiro atoms. The first kappa shape index (κ1) is 19.9. The van der Waals surface area contributed by atoms with E-state index in [-0.39, 0.29) is 17.5 Å². The molecule has 4 rings (SSSR count). The van der Waals surface area contributed by atoms with Crippen LogP contribution in [0.25, 0.3) is 0 Å². The minimum Gasteiger partial charge on any atom is -0.508 e. The van der Waals surface area contributed by atoms with E-state index in [0.29, 0.717) is 19.0 Å². The Bertz CT molecular complexity index is 1000. The number of nitrogens with zero attached hydrogens (tertiary/aromatic N) is 2. The highest BCUT2D eigenvalue weighted by molar-refractivity contribution is 5.73. The predicted molar refractivity (Wildman–Crippen MR) is 117 cm³/mol. The summed E-state index contributed by atoms with van der Waals surface area (Å²) >= 11 is 0. The molecule has 6 heteroatoms. The topological polar surface area (TPSA) is 65.4 Å². The van der Waals surface area contributed by atoms with E-state index in [9.17, 15) is 10.2 Å². The average Bonchev–Trinajstić information content (AvgIpc) is 2.73. The van der Waals surface area contributed by atoms with Crippen LogP contribution >= 0.6 is 0 Å². The Labute approximate surface area is 176 Å². The van der Waals surface area contributed by atoms with Gasteiger partial charge in [-0.1, -0.05) is 18.2 Å². The molecule has 0 radical (unpaired) electrons. The first-order valence-electron chi connectivity index (χ1n) is 9.93. The number of rotatable bonds is 6. The second-order valence-electron chi connectivity index (χ2n) is 7.59. The molecule has 1 aliphatic rings. The Kier molecular flexibility index (Phi) is 5.68. The lowest BCUT2D eigenvalue weighted by Crippen LogP contribution is -2.33. The van der Waals surface area contributed by atoms with Gasteiger partial charge in [-0.15, -0.1) is 0 Å². The van der Waals surface area contributed by atoms with E-state index in [0.717, 1.165) is 29.2 Å². The number of aromatic hydroxyl groups is 2. The van der Waals surface area contributed by atoms with Crippen molar-refractivity contribution >= 4 is 11.4 Å². The zero-order valence-corrected chi connectivity index (χ0v) is 17.2. The highest BCUT2D eigenvalue weighted by Gasteiger charge is 2.30. The van der Waals surface area contributed by atoms with Crippen LogP contribution in [0.15, 0.2) is 66.7 Å². The van der Waals surface area contributed by atoms with Crippen LogP contribution in [-0.4, -0.2) is 49.0 Å². The minimum atomic E-state index is -0.0975. The van der Waals surface area contributed by atoms with Gasteiger partial charge in [0.05, 0.1) is 11.7 Å². The lowest BCUT2D eigenvalue weighted by molar-refractivity contribution is 0.260. The third-order valence-electron chi connectivity index (χ3n) is 5.09. The monoisotopic (exact) mass is 406 g/mol. The minimum absolute atomic E-state index is 0.0975. The Morgan fingerprint density at radius 2 is 1.77 bits per heavy atom. The second-order valence-corrected chi connectivity index (χ2v) is 7.59. The molecule has 0 unspecified atom stereocenters. The van der Waals surface area contributed by atoms with E-state index in [1.807, 2.05) is 56.6 Å². The number of phenols is 2. The molecule has 6 nitrogen and oxygen atoms in total. The van der Waals surface area contributed by atoms with E-state index in [2.05, 4.69) is 9.80 Å². The van der Waals surface area contributed by atoms with Gasteiger partial charge in [-0.25, -0.2) is 0 Å². The maximum absolute atomic E-state index is 9.89. The highest BCUT2D eigenvalue weighted by Crippen LogP contribution is 2.46. The average molecular weight is 406 g/mol. The molecule has 2 N–H and O–H groups in total. The molecule has 3 aromatic carbocycles. The second kappa shape index (κ2) is 8.55. The van der Waals surface area contributed by atoms with Crippen molar-refractivity contribution in [2.45, 2.75) is 6.04 Å². The molecular formula is C24H26N2O4. The van der Waals surface area contributed by atoms with E-state index in [1.54, 1.807) is 24.3 Å². The van der Waals surface area contributed by atoms with Crippen molar-refractivity contribution in [2.24, 2.45) is 0 Å². The predicted octanol–water partition coefficient (Wildman–Crippen LogP) is 4.31. The Morgan fingerprint density at radius 1 is 1.00 bits per heavy atom. The summed E-state index contributed by atoms with van der Waals surface area (Å²) in [5.41, 5.74) is 2.85. The summed E-state index contributed by atoms with van der Waals surface area (Å²) in [6, 6.07) is 20.2. The quantitative estimate of drug-likeness (QED) is 0.636. The number of anilines is 2. The molecule has 30 heavy (non-hydrogen) atoms. The van der Waals surface area contributed by atoms with Gasteiger partial charge in [-0.05, 0) is 56.1 Å². The number of hydrogen-bond acceptors (Lipinski definition) is 6. The van der Waals surface area contributed by atoms with Crippen LogP contribution in [0, 0.1) is 0 Å². The van der Waals surface area contributed by atoms with Crippen molar-refractivity contribution in [2.75, 3.05) is 38.8 Å². The van der Waals surface area contributed by atoms with Crippen LogP contribution < -0.4 is 14.4 Å². The van der Waals surface area contributed by atoms with E-state index >= 15 is 0 Å². The molecular weight excluding hydrogens is 380 g/mol. The van der Waals surface area contributed by atoms with Gasteiger partial charge in [0.15, 0.2) is 0 Å². The molecule has 3 aromatic rings. The smallest absolute Gasteiger partial charge is 0.146 e. The van der Waals surface area contributed by atoms with Gasteiger partial charge in [-0.3, -0.25) is 0 Å². The molecule has 0 saturated heterocycles. The number of fused-ring (bicyclic) bond motifs is 1. The molecule has 1 atom stereocenters. The molecule has 156 valence electrons. The van der Waals surface area contributed by atoms with Crippen molar-refractivity contribution in [1.82, 2.24) is 4.90 Å². The SMILES string of the molecule is CN(C)CCOc1cccc(N2c3ccc(O)cc3OC[C@H]2c2ccc(O)cc2)c1. The van der Waals surface area contributed by atoms with Crippen LogP contribution in [0.2, 0.25) is 0 Å². The fourth-order valence-corrected chi connectivity index (χ4v) is 3.56. The van der Waals surface area contributed by atoms with Crippen molar-refractivity contribution < 1.29 is 19.7 Å². The van der Waals surface area contributed by atoms with Gasteiger partial charge in [0.25, 0.3) is 0 Å². The summed E-state index contributed by atoms with van der Waals surface area (Å²) in [7, 11) is 4.03. The molecule has 1 heterocycles. The Hall–Kier alpha value is -3.38. The molecule has 0 fully saturated rings. The standard InChI is InChI=1S/C24H26N2O4/c1-25(2)12-13-29-21-5-3-4-18(14-21)26-22-11-10-20(28)15-24(22)30-16-23(26)17-6-8-19(27)9-7-17/h3-11,14-15,23,27-28H,12-13,16H2,1-2H3/t23-/m0/s1. The van der Waals surface area contributed by atoms with Crippen molar-refractivity contribution in [1.29, 1.82) is 0 Å². The molecule has 0 amide bonds. The normalized spacial score (nSPS) is 15.6. The molecule has 0 aliphatic carbocycles. The van der Waals surface area contributed by atoms with Gasteiger partial charge in [0.2, 0.25) is 0 Å². The van der Waals surface area contributed by atoms with Gasteiger partial charge in [0, 0.05) is 24.4 Å². The maximum Gasteiger partial charge on any atom is 0.146 e. The number of hydrogen-bond donors (Lipinski definition) is 2. The largest absolute Gasteiger partial charge is 0.508 e. The Balaban J connectivity index is 1.72. The van der Waals surface area contributed by atoms with Gasteiger partial charge >= 0.3 is 0 Å². The summed E-state index contributed by atoms with van der Waals surface area (Å²) < 4.78 is 11.9. The van der Waals surface area contributed by atoms with Crippen molar-refractivity contribution in [3.05, 3.63) is 72.3 Å². The summed E-state index contributed by atoms with van der Waals surface area (Å²) in [6.45, 7) is 1.85. The number of phenolic OH excluding ortho intramolecular Hbond substituents is 2. The zero-order valence-electron chi connectivity index (χ0n) is 17.2. The number of likely N-dealkylation sites (N-methyl/N-ethyl adjacent to an activating group) is 1. The van der Waals surface area contributed by atoms with Gasteiger partial charge < -0.3 is 29.5 Å². The van der Waals surface area contributed by atoms with Crippen molar-refractivity contribution in [3.8, 4) is 23.0 Å². The van der Waals surface area contributed by atoms with Crippen LogP contribution in [-0.2, 0) is 0 Å². The highest BCUT2D eigenvalue weighted by atomic mass is 16.5. The summed E-state index contributed by atoms with van der Waals surface area (Å²) in [5, 5.41) is 19.6. The number of ether oxygens (including phenoxy) is 2. The summed E-state index contributed by atoms with van der Waals surface area (Å²) in [4.78, 5) is 4.26. The van der Waals surface area contributed by atoms with Crippen LogP contribution in [0.4, 0.5) is 11.4 Å². The lowest BCUT2D eigenvalue weighted by Gasteiger charge is -2.39. The van der Waals surface area contributed by atoms with Crippen molar-refractivity contribution in [3.63, 3.8) is 0 Å². The summed E-state index contributed by atoms with van der Waals surface area (Å²) in [6.07, 6.45) is 0. The Morgan fingerprint density at radius 3 is 2.53 bits per heavy atom. The fraction of sp³-hybridized carbons (Fsp3) is 0.250. The van der Waals surface area contributed by atoms with E-state index in [1.165, 1.54) is 0 Å². The first-order valence-corrected chi connectivity index (χ1v) is 9.93. The zero-order chi connectivity index (χ0) is 21.1. The molecule has 0 aromatic heterocycles. The fourth-order valence-electron chi connectivity index (χ4n) is 3.56. The first-order chi connectivity index (χ1) is 14.5. The summed E-state index contributed by atoms with van der Waals surface area (Å²) in [5.74, 6) is 1.82. The van der Waals surface area contributed by atoms with E-state index < -0.39 is 0 Å². The third-order valence-corrected chi connectivity index (χ3v) is 5.09. The molecule has 0 bridgehead atoms. The maximum atomic E-state index is 9.89. The van der Waals surface area contributed by atoms with Gasteiger partial charge in [-0.2, -0.15) is 0 Å². The van der Waals surface area contributed by atoms with Crippen LogP contribution in [0.5, 0.6) is 23.0 Å². The lowest BCUT2D eigenvalue weighted by atomic mass is 10.0. The van der Waals surface area contributed by atoms with Crippen LogP contribution in [0.3, 0.4) is 0 Å². The number of benzene rings is 3. The molecule has 0 saturated carbocycles.